The molecule has 0 spiro atoms. The molecule has 1 aromatic carbocycles. The Morgan fingerprint density at radius 3 is 2.53 bits per heavy atom. The number of halogens is 2. The molecule has 0 aliphatic carbocycles. The van der Waals surface area contributed by atoms with Gasteiger partial charge in [-0.2, -0.15) is 4.98 Å². The third kappa shape index (κ3) is 2.85. The summed E-state index contributed by atoms with van der Waals surface area (Å²) in [6, 6.07) is 4.27. The van der Waals surface area contributed by atoms with Gasteiger partial charge in [-0.25, -0.2) is 19.6 Å². The molecule has 0 aliphatic heterocycles. The van der Waals surface area contributed by atoms with Gasteiger partial charge in [-0.05, 0) is 0 Å². The van der Waals surface area contributed by atoms with E-state index in [0.717, 1.165) is 18.2 Å². The smallest absolute Gasteiger partial charge is 0.240 e. The Morgan fingerprint density at radius 1 is 1.18 bits per heavy atom. The van der Waals surface area contributed by atoms with Gasteiger partial charge < -0.3 is 4.74 Å². The highest BCUT2D eigenvalue weighted by molar-refractivity contribution is 5.31. The minimum atomic E-state index is -0.730. The highest BCUT2D eigenvalue weighted by atomic mass is 19.1. The standard InChI is InChI=1S/C10H8F2N4O/c11-6-3-7(12)5-8(4-6)17-9-1-2-14-10(15-9)16-13/h1-5H,13H2,(H,14,15,16). The Labute approximate surface area is 95.2 Å². The molecule has 88 valence electrons. The Hall–Kier alpha value is -2.28. The molecule has 0 saturated heterocycles. The van der Waals surface area contributed by atoms with E-state index in [1.165, 1.54) is 12.3 Å². The summed E-state index contributed by atoms with van der Waals surface area (Å²) in [4.78, 5) is 7.59. The van der Waals surface area contributed by atoms with Crippen LogP contribution in [0, 0.1) is 11.6 Å². The fourth-order valence-electron chi connectivity index (χ4n) is 1.18. The van der Waals surface area contributed by atoms with Crippen LogP contribution in [0.5, 0.6) is 11.6 Å². The van der Waals surface area contributed by atoms with E-state index in [4.69, 9.17) is 10.6 Å². The van der Waals surface area contributed by atoms with Crippen LogP contribution in [0.3, 0.4) is 0 Å². The zero-order chi connectivity index (χ0) is 12.3. The third-order valence-electron chi connectivity index (χ3n) is 1.82. The molecule has 0 aliphatic rings. The van der Waals surface area contributed by atoms with E-state index in [1.807, 2.05) is 0 Å². The number of nitrogens with zero attached hydrogens (tertiary/aromatic N) is 2. The molecule has 0 unspecified atom stereocenters. The van der Waals surface area contributed by atoms with Crippen LogP contribution >= 0.6 is 0 Å². The number of anilines is 1. The summed E-state index contributed by atoms with van der Waals surface area (Å²) < 4.78 is 30.9. The van der Waals surface area contributed by atoms with Crippen LogP contribution in [0.15, 0.2) is 30.5 Å². The third-order valence-corrected chi connectivity index (χ3v) is 1.82. The van der Waals surface area contributed by atoms with Crippen molar-refractivity contribution >= 4 is 5.95 Å². The minimum absolute atomic E-state index is 0.00386. The van der Waals surface area contributed by atoms with E-state index in [9.17, 15) is 8.78 Å². The molecule has 17 heavy (non-hydrogen) atoms. The molecule has 7 heteroatoms. The van der Waals surface area contributed by atoms with Gasteiger partial charge in [0.15, 0.2) is 0 Å². The second-order valence-corrected chi connectivity index (χ2v) is 3.07. The summed E-state index contributed by atoms with van der Waals surface area (Å²) in [6.07, 6.45) is 1.40. The van der Waals surface area contributed by atoms with E-state index in [-0.39, 0.29) is 17.6 Å². The summed E-state index contributed by atoms with van der Waals surface area (Å²) in [5.41, 5.74) is 2.23. The van der Waals surface area contributed by atoms with Crippen molar-refractivity contribution in [2.45, 2.75) is 0 Å². The molecule has 5 nitrogen and oxygen atoms in total. The van der Waals surface area contributed by atoms with Crippen molar-refractivity contribution in [2.24, 2.45) is 5.84 Å². The van der Waals surface area contributed by atoms with Crippen LogP contribution in [-0.4, -0.2) is 9.97 Å². The Balaban J connectivity index is 2.24. The van der Waals surface area contributed by atoms with Gasteiger partial charge in [-0.15, -0.1) is 0 Å². The SMILES string of the molecule is NNc1nccc(Oc2cc(F)cc(F)c2)n1. The summed E-state index contributed by atoms with van der Waals surface area (Å²) in [6.45, 7) is 0. The first-order chi connectivity index (χ1) is 8.17. The zero-order valence-electron chi connectivity index (χ0n) is 8.52. The molecular weight excluding hydrogens is 230 g/mol. The molecule has 1 heterocycles. The number of hydrogen-bond donors (Lipinski definition) is 2. The minimum Gasteiger partial charge on any atom is -0.439 e. The molecular formula is C10H8F2N4O. The fraction of sp³-hybridized carbons (Fsp3) is 0. The lowest BCUT2D eigenvalue weighted by molar-refractivity contribution is 0.451. The summed E-state index contributed by atoms with van der Waals surface area (Å²) in [5.74, 6) is 3.91. The molecule has 2 aromatic rings. The monoisotopic (exact) mass is 238 g/mol. The normalized spacial score (nSPS) is 10.1. The van der Waals surface area contributed by atoms with Gasteiger partial charge in [-0.3, -0.25) is 5.43 Å². The molecule has 3 N–H and O–H groups in total. The van der Waals surface area contributed by atoms with Gasteiger partial charge in [0.1, 0.15) is 17.4 Å². The van der Waals surface area contributed by atoms with Crippen molar-refractivity contribution in [1.29, 1.82) is 0 Å². The molecule has 0 amide bonds. The predicted molar refractivity (Wildman–Crippen MR) is 56.3 cm³/mol. The number of benzene rings is 1. The molecule has 0 fully saturated rings. The summed E-state index contributed by atoms with van der Waals surface area (Å²) in [5, 5.41) is 0. The topological polar surface area (TPSA) is 73.1 Å². The van der Waals surface area contributed by atoms with Gasteiger partial charge in [0, 0.05) is 30.5 Å². The highest BCUT2D eigenvalue weighted by Crippen LogP contribution is 2.21. The molecule has 0 atom stereocenters. The van der Waals surface area contributed by atoms with Crippen LogP contribution in [-0.2, 0) is 0 Å². The number of nitrogen functional groups attached to an aromatic ring is 1. The Morgan fingerprint density at radius 2 is 1.88 bits per heavy atom. The quantitative estimate of drug-likeness (QED) is 0.630. The largest absolute Gasteiger partial charge is 0.439 e. The average molecular weight is 238 g/mol. The first-order valence-electron chi connectivity index (χ1n) is 4.61. The molecule has 0 radical (unpaired) electrons. The van der Waals surface area contributed by atoms with Crippen LogP contribution in [0.1, 0.15) is 0 Å². The maximum absolute atomic E-state index is 12.9. The van der Waals surface area contributed by atoms with Crippen molar-refractivity contribution in [1.82, 2.24) is 9.97 Å². The summed E-state index contributed by atoms with van der Waals surface area (Å²) >= 11 is 0. The number of aromatic nitrogens is 2. The first kappa shape index (κ1) is 11.2. The number of hydrogen-bond acceptors (Lipinski definition) is 5. The number of nitrogens with one attached hydrogen (secondary N) is 1. The van der Waals surface area contributed by atoms with Crippen LogP contribution in [0.4, 0.5) is 14.7 Å². The Kier molecular flexibility index (Phi) is 3.10. The van der Waals surface area contributed by atoms with E-state index in [1.54, 1.807) is 0 Å². The number of ether oxygens (including phenoxy) is 1. The average Bonchev–Trinajstić information content (AvgIpc) is 2.28. The van der Waals surface area contributed by atoms with E-state index in [2.05, 4.69) is 15.4 Å². The lowest BCUT2D eigenvalue weighted by Gasteiger charge is -2.05. The lowest BCUT2D eigenvalue weighted by Crippen LogP contribution is -2.10. The number of rotatable bonds is 3. The first-order valence-corrected chi connectivity index (χ1v) is 4.61. The molecule has 2 rings (SSSR count). The molecule has 1 aromatic heterocycles. The van der Waals surface area contributed by atoms with Gasteiger partial charge in [0.25, 0.3) is 0 Å². The van der Waals surface area contributed by atoms with Gasteiger partial charge in [-0.1, -0.05) is 0 Å². The predicted octanol–water partition coefficient (Wildman–Crippen LogP) is 1.83. The zero-order valence-corrected chi connectivity index (χ0v) is 8.52. The van der Waals surface area contributed by atoms with Gasteiger partial charge in [0.2, 0.25) is 11.8 Å². The van der Waals surface area contributed by atoms with E-state index < -0.39 is 11.6 Å². The van der Waals surface area contributed by atoms with Gasteiger partial charge in [0.05, 0.1) is 0 Å². The van der Waals surface area contributed by atoms with E-state index in [0.29, 0.717) is 0 Å². The molecule has 0 saturated carbocycles. The van der Waals surface area contributed by atoms with Crippen LogP contribution in [0.2, 0.25) is 0 Å². The fourth-order valence-corrected chi connectivity index (χ4v) is 1.18. The van der Waals surface area contributed by atoms with Crippen molar-refractivity contribution in [3.63, 3.8) is 0 Å². The van der Waals surface area contributed by atoms with Gasteiger partial charge >= 0.3 is 0 Å². The lowest BCUT2D eigenvalue weighted by atomic mass is 10.3. The van der Waals surface area contributed by atoms with Crippen LogP contribution in [0.25, 0.3) is 0 Å². The second-order valence-electron chi connectivity index (χ2n) is 3.07. The summed E-state index contributed by atoms with van der Waals surface area (Å²) in [7, 11) is 0. The second kappa shape index (κ2) is 4.71. The van der Waals surface area contributed by atoms with E-state index >= 15 is 0 Å². The molecule has 0 bridgehead atoms. The van der Waals surface area contributed by atoms with Crippen molar-refractivity contribution < 1.29 is 13.5 Å². The van der Waals surface area contributed by atoms with Crippen molar-refractivity contribution in [2.75, 3.05) is 5.43 Å². The highest BCUT2D eigenvalue weighted by Gasteiger charge is 2.04. The van der Waals surface area contributed by atoms with Crippen LogP contribution < -0.4 is 16.0 Å². The van der Waals surface area contributed by atoms with Crippen molar-refractivity contribution in [3.05, 3.63) is 42.1 Å². The maximum atomic E-state index is 12.9. The number of nitrogens with two attached hydrogens (primary N) is 1. The maximum Gasteiger partial charge on any atom is 0.240 e. The number of hydrazine groups is 1. The Bertz CT molecular complexity index is 515. The van der Waals surface area contributed by atoms with Crippen molar-refractivity contribution in [3.8, 4) is 11.6 Å².